The summed E-state index contributed by atoms with van der Waals surface area (Å²) in [5.74, 6) is -0.471. The van der Waals surface area contributed by atoms with Crippen molar-refractivity contribution in [3.05, 3.63) is 65.2 Å². The van der Waals surface area contributed by atoms with Gasteiger partial charge in [0.25, 0.3) is 0 Å². The Labute approximate surface area is 167 Å². The van der Waals surface area contributed by atoms with Gasteiger partial charge >= 0.3 is 0 Å². The van der Waals surface area contributed by atoms with Crippen molar-refractivity contribution >= 4 is 5.78 Å². The van der Waals surface area contributed by atoms with Crippen LogP contribution in [0.3, 0.4) is 0 Å². The third-order valence-electron chi connectivity index (χ3n) is 5.68. The molecule has 2 fully saturated rings. The molecule has 2 aliphatic heterocycles. The lowest BCUT2D eigenvalue weighted by Crippen LogP contribution is -2.42. The van der Waals surface area contributed by atoms with Crippen LogP contribution in [0.25, 0.3) is 0 Å². The van der Waals surface area contributed by atoms with E-state index in [1.165, 1.54) is 37.1 Å². The Balaban J connectivity index is 0.00000109. The lowest BCUT2D eigenvalue weighted by atomic mass is 9.97. The molecule has 2 atom stereocenters. The van der Waals surface area contributed by atoms with Crippen molar-refractivity contribution in [1.82, 2.24) is 14.8 Å². The van der Waals surface area contributed by atoms with Gasteiger partial charge in [0.1, 0.15) is 11.5 Å². The first kappa shape index (κ1) is 20.6. The fourth-order valence-corrected chi connectivity index (χ4v) is 4.41. The molecule has 0 spiro atoms. The molecule has 0 radical (unpaired) electrons. The predicted molar refractivity (Wildman–Crippen MR) is 110 cm³/mol. The topological polar surface area (TPSA) is 36.4 Å². The van der Waals surface area contributed by atoms with Gasteiger partial charge in [-0.05, 0) is 75.2 Å². The molecular weight excluding hydrogens is 353 g/mol. The van der Waals surface area contributed by atoms with Gasteiger partial charge in [0.05, 0.1) is 6.17 Å². The minimum Gasteiger partial charge on any atom is -0.291 e. The van der Waals surface area contributed by atoms with Gasteiger partial charge in [-0.15, -0.1) is 0 Å². The largest absolute Gasteiger partial charge is 0.291 e. The smallest absolute Gasteiger partial charge is 0.211 e. The third kappa shape index (κ3) is 4.15. The lowest BCUT2D eigenvalue weighted by molar-refractivity contribution is 0.0804. The van der Waals surface area contributed by atoms with E-state index in [2.05, 4.69) is 21.8 Å². The normalized spacial score (nSPS) is 22.7. The molecule has 1 aromatic carbocycles. The molecule has 0 bridgehead atoms. The highest BCUT2D eigenvalue weighted by atomic mass is 19.1. The monoisotopic (exact) mass is 383 g/mol. The second-order valence-corrected chi connectivity index (χ2v) is 7.28. The maximum absolute atomic E-state index is 13.2. The third-order valence-corrected chi connectivity index (χ3v) is 5.68. The molecule has 0 N–H and O–H groups in total. The van der Waals surface area contributed by atoms with Crippen LogP contribution in [0.4, 0.5) is 4.39 Å². The van der Waals surface area contributed by atoms with E-state index in [0.717, 1.165) is 31.5 Å². The average molecular weight is 384 g/mol. The number of hydrogen-bond acceptors (Lipinski definition) is 4. The molecule has 2 aromatic rings. The molecule has 4 nitrogen and oxygen atoms in total. The van der Waals surface area contributed by atoms with Crippen molar-refractivity contribution in [2.24, 2.45) is 0 Å². The zero-order chi connectivity index (χ0) is 20.1. The second kappa shape index (κ2) is 9.39. The highest BCUT2D eigenvalue weighted by Gasteiger charge is 2.37. The highest BCUT2D eigenvalue weighted by molar-refractivity contribution is 6.08. The quantitative estimate of drug-likeness (QED) is 0.719. The Morgan fingerprint density at radius 1 is 1.07 bits per heavy atom. The van der Waals surface area contributed by atoms with E-state index in [1.807, 2.05) is 26.0 Å². The van der Waals surface area contributed by atoms with Crippen molar-refractivity contribution in [3.8, 4) is 0 Å². The molecular formula is C23H30FN3O. The molecule has 0 aliphatic carbocycles. The van der Waals surface area contributed by atoms with E-state index in [4.69, 9.17) is 0 Å². The van der Waals surface area contributed by atoms with Crippen LogP contribution in [0.1, 0.15) is 67.2 Å². The van der Waals surface area contributed by atoms with E-state index in [-0.39, 0.29) is 17.6 Å². The van der Waals surface area contributed by atoms with Gasteiger partial charge in [-0.3, -0.25) is 19.6 Å². The molecule has 5 heteroatoms. The molecule has 150 valence electrons. The van der Waals surface area contributed by atoms with Crippen molar-refractivity contribution in [3.63, 3.8) is 0 Å². The number of nitrogens with zero attached hydrogens (tertiary/aromatic N) is 3. The number of ketones is 1. The molecule has 1 aromatic heterocycles. The highest BCUT2D eigenvalue weighted by Crippen LogP contribution is 2.38. The summed E-state index contributed by atoms with van der Waals surface area (Å²) < 4.78 is 13.2. The van der Waals surface area contributed by atoms with Crippen LogP contribution in [-0.4, -0.2) is 46.9 Å². The van der Waals surface area contributed by atoms with Gasteiger partial charge in [0, 0.05) is 24.3 Å². The number of benzene rings is 1. The minimum absolute atomic E-state index is 0.132. The van der Waals surface area contributed by atoms with Crippen LogP contribution in [0.15, 0.2) is 42.6 Å². The Morgan fingerprint density at radius 2 is 1.79 bits per heavy atom. The molecule has 4 rings (SSSR count). The van der Waals surface area contributed by atoms with Crippen LogP contribution >= 0.6 is 0 Å². The molecule has 3 heterocycles. The van der Waals surface area contributed by atoms with E-state index in [1.54, 1.807) is 6.20 Å². The van der Waals surface area contributed by atoms with Crippen LogP contribution < -0.4 is 0 Å². The molecule has 2 aliphatic rings. The fraction of sp³-hybridized carbons (Fsp3) is 0.478. The average Bonchev–Trinajstić information content (AvgIpc) is 3.38. The van der Waals surface area contributed by atoms with E-state index in [0.29, 0.717) is 17.4 Å². The van der Waals surface area contributed by atoms with E-state index in [9.17, 15) is 9.18 Å². The molecule has 0 saturated carbocycles. The Kier molecular flexibility index (Phi) is 6.92. The minimum atomic E-state index is -0.339. The summed E-state index contributed by atoms with van der Waals surface area (Å²) in [6, 6.07) is 9.87. The molecule has 2 saturated heterocycles. The molecule has 28 heavy (non-hydrogen) atoms. The number of carbonyl (C=O) groups is 1. The van der Waals surface area contributed by atoms with Crippen LogP contribution in [-0.2, 0) is 0 Å². The summed E-state index contributed by atoms with van der Waals surface area (Å²) in [6.45, 7) is 6.18. The van der Waals surface area contributed by atoms with Crippen molar-refractivity contribution in [2.75, 3.05) is 20.1 Å². The maximum atomic E-state index is 13.2. The van der Waals surface area contributed by atoms with Crippen molar-refractivity contribution < 1.29 is 9.18 Å². The SMILES string of the molecule is CC.CN1CCCC1N1CCCC1c1cccnc1C(=O)c1ccc(F)cc1. The second-order valence-electron chi connectivity index (χ2n) is 7.28. The molecule has 2 unspecified atom stereocenters. The van der Waals surface area contributed by atoms with E-state index >= 15 is 0 Å². The predicted octanol–water partition coefficient (Wildman–Crippen LogP) is 4.67. The van der Waals surface area contributed by atoms with Crippen molar-refractivity contribution in [1.29, 1.82) is 0 Å². The van der Waals surface area contributed by atoms with Crippen LogP contribution in [0.2, 0.25) is 0 Å². The summed E-state index contributed by atoms with van der Waals surface area (Å²) in [5, 5.41) is 0. The van der Waals surface area contributed by atoms with E-state index < -0.39 is 0 Å². The fourth-order valence-electron chi connectivity index (χ4n) is 4.41. The number of carbonyl (C=O) groups excluding carboxylic acids is 1. The number of aromatic nitrogens is 1. The number of likely N-dealkylation sites (tertiary alicyclic amines) is 2. The molecule has 0 amide bonds. The van der Waals surface area contributed by atoms with Gasteiger partial charge in [0.15, 0.2) is 0 Å². The zero-order valence-electron chi connectivity index (χ0n) is 17.1. The number of halogens is 1. The van der Waals surface area contributed by atoms with Gasteiger partial charge in [-0.25, -0.2) is 4.39 Å². The Morgan fingerprint density at radius 3 is 2.46 bits per heavy atom. The zero-order valence-corrected chi connectivity index (χ0v) is 17.1. The summed E-state index contributed by atoms with van der Waals surface area (Å²) in [5.41, 5.74) is 1.98. The summed E-state index contributed by atoms with van der Waals surface area (Å²) in [4.78, 5) is 22.4. The Bertz CT molecular complexity index is 793. The van der Waals surface area contributed by atoms with Gasteiger partial charge < -0.3 is 0 Å². The van der Waals surface area contributed by atoms with Crippen LogP contribution in [0.5, 0.6) is 0 Å². The number of rotatable bonds is 4. The van der Waals surface area contributed by atoms with Gasteiger partial charge in [-0.1, -0.05) is 19.9 Å². The summed E-state index contributed by atoms with van der Waals surface area (Å²) in [6.07, 6.45) is 6.68. The van der Waals surface area contributed by atoms with Gasteiger partial charge in [0.2, 0.25) is 5.78 Å². The number of hydrogen-bond donors (Lipinski definition) is 0. The standard InChI is InChI=1S/C21H24FN3O.C2H6/c1-24-13-4-7-19(24)25-14-3-6-18(25)17-5-2-12-23-20(17)21(26)15-8-10-16(22)11-9-15;1-2/h2,5,8-12,18-19H,3-4,6-7,13-14H2,1H3;1-2H3. The first-order valence-electron chi connectivity index (χ1n) is 10.4. The maximum Gasteiger partial charge on any atom is 0.211 e. The summed E-state index contributed by atoms with van der Waals surface area (Å²) in [7, 11) is 2.18. The Hall–Kier alpha value is -2.11. The van der Waals surface area contributed by atoms with Crippen molar-refractivity contribution in [2.45, 2.75) is 51.7 Å². The van der Waals surface area contributed by atoms with Crippen LogP contribution in [0, 0.1) is 5.82 Å². The lowest BCUT2D eigenvalue weighted by Gasteiger charge is -2.35. The number of pyridine rings is 1. The first-order valence-corrected chi connectivity index (χ1v) is 10.4. The van der Waals surface area contributed by atoms with Gasteiger partial charge in [-0.2, -0.15) is 0 Å². The summed E-state index contributed by atoms with van der Waals surface area (Å²) >= 11 is 0. The first-order chi connectivity index (χ1) is 13.6.